The van der Waals surface area contributed by atoms with Crippen LogP contribution in [0.1, 0.15) is 47.7 Å². The maximum absolute atomic E-state index is 12.2. The van der Waals surface area contributed by atoms with E-state index in [0.717, 1.165) is 31.2 Å². The Labute approximate surface area is 146 Å². The Hall–Kier alpha value is -2.78. The number of carbonyl (C=O) groups is 1. The molecule has 0 spiro atoms. The molecule has 0 aliphatic heterocycles. The molecule has 0 unspecified atom stereocenters. The summed E-state index contributed by atoms with van der Waals surface area (Å²) in [5.41, 5.74) is 0.818. The molecule has 0 radical (unpaired) electrons. The highest BCUT2D eigenvalue weighted by Crippen LogP contribution is 2.35. The zero-order valence-electron chi connectivity index (χ0n) is 13.6. The predicted molar refractivity (Wildman–Crippen MR) is 85.1 cm³/mol. The predicted octanol–water partition coefficient (Wildman–Crippen LogP) is 3.54. The first-order valence-corrected chi connectivity index (χ1v) is 8.08. The minimum absolute atomic E-state index is 0.0716. The largest absolute Gasteiger partial charge is 0.573 e. The number of aromatic carboxylic acids is 1. The smallest absolute Gasteiger partial charge is 0.476 e. The van der Waals surface area contributed by atoms with E-state index in [1.807, 2.05) is 0 Å². The van der Waals surface area contributed by atoms with Crippen molar-refractivity contribution >= 4 is 11.8 Å². The summed E-state index contributed by atoms with van der Waals surface area (Å²) in [7, 11) is 0. The zero-order valence-corrected chi connectivity index (χ0v) is 13.6. The summed E-state index contributed by atoms with van der Waals surface area (Å²) in [6, 6.07) is 6.02. The van der Waals surface area contributed by atoms with Crippen LogP contribution in [-0.2, 0) is 0 Å². The Morgan fingerprint density at radius 1 is 1.15 bits per heavy atom. The van der Waals surface area contributed by atoms with Gasteiger partial charge >= 0.3 is 12.3 Å². The number of anilines is 1. The quantitative estimate of drug-likeness (QED) is 0.744. The van der Waals surface area contributed by atoms with Gasteiger partial charge in [0.25, 0.3) is 0 Å². The minimum atomic E-state index is -4.69. The van der Waals surface area contributed by atoms with Gasteiger partial charge < -0.3 is 15.2 Å². The lowest BCUT2D eigenvalue weighted by molar-refractivity contribution is -0.274. The molecule has 140 valence electrons. The highest BCUT2D eigenvalue weighted by molar-refractivity contribution is 5.90. The fraction of sp³-hybridized carbons (Fsp3) is 0.438. The lowest BCUT2D eigenvalue weighted by Gasteiger charge is -2.29. The van der Waals surface area contributed by atoms with Crippen molar-refractivity contribution in [2.24, 2.45) is 0 Å². The number of alkyl halides is 3. The van der Waals surface area contributed by atoms with Crippen LogP contribution in [0, 0.1) is 0 Å². The number of nitrogens with one attached hydrogen (secondary N) is 2. The molecule has 0 atom stereocenters. The van der Waals surface area contributed by atoms with Crippen molar-refractivity contribution in [1.82, 2.24) is 15.4 Å². The van der Waals surface area contributed by atoms with Crippen molar-refractivity contribution in [2.45, 2.75) is 44.0 Å². The van der Waals surface area contributed by atoms with Crippen LogP contribution in [0.15, 0.2) is 24.3 Å². The van der Waals surface area contributed by atoms with E-state index in [4.69, 9.17) is 5.11 Å². The summed E-state index contributed by atoms with van der Waals surface area (Å²) < 4.78 is 40.5. The number of ether oxygens (including phenoxy) is 1. The summed E-state index contributed by atoms with van der Waals surface area (Å²) in [6.07, 6.45) is -1.45. The monoisotopic (exact) mass is 370 g/mol. The molecule has 3 rings (SSSR count). The van der Waals surface area contributed by atoms with Crippen LogP contribution < -0.4 is 10.1 Å². The molecule has 7 nitrogen and oxygen atoms in total. The molecule has 1 saturated carbocycles. The van der Waals surface area contributed by atoms with E-state index in [-0.39, 0.29) is 29.2 Å². The second kappa shape index (κ2) is 7.22. The number of halogens is 3. The van der Waals surface area contributed by atoms with Gasteiger partial charge in [0.05, 0.1) is 0 Å². The van der Waals surface area contributed by atoms with Gasteiger partial charge in [0, 0.05) is 6.04 Å². The van der Waals surface area contributed by atoms with Gasteiger partial charge in [-0.05, 0) is 49.3 Å². The third-order valence-corrected chi connectivity index (χ3v) is 4.40. The van der Waals surface area contributed by atoms with Crippen LogP contribution in [0.4, 0.5) is 19.0 Å². The molecule has 3 N–H and O–H groups in total. The van der Waals surface area contributed by atoms with Crippen LogP contribution in [-0.4, -0.2) is 38.9 Å². The summed E-state index contributed by atoms with van der Waals surface area (Å²) in [5.74, 6) is -0.932. The van der Waals surface area contributed by atoms with E-state index in [9.17, 15) is 18.0 Å². The topological polar surface area (TPSA) is 100 Å². The number of hydrogen-bond acceptors (Lipinski definition) is 5. The van der Waals surface area contributed by atoms with Gasteiger partial charge in [0.15, 0.2) is 5.82 Å². The normalized spacial score (nSPS) is 20.6. The van der Waals surface area contributed by atoms with Gasteiger partial charge in [0.2, 0.25) is 5.69 Å². The van der Waals surface area contributed by atoms with E-state index in [1.54, 1.807) is 12.1 Å². The molecular formula is C16H17F3N4O3. The number of carboxylic acid groups (broad SMARTS) is 1. The van der Waals surface area contributed by atoms with Crippen molar-refractivity contribution in [2.75, 3.05) is 5.32 Å². The van der Waals surface area contributed by atoms with E-state index in [0.29, 0.717) is 0 Å². The average Bonchev–Trinajstić information content (AvgIpc) is 3.03. The van der Waals surface area contributed by atoms with Crippen molar-refractivity contribution < 1.29 is 27.8 Å². The highest BCUT2D eigenvalue weighted by atomic mass is 19.4. The minimum Gasteiger partial charge on any atom is -0.476 e. The number of aromatic nitrogens is 3. The van der Waals surface area contributed by atoms with E-state index in [2.05, 4.69) is 25.5 Å². The first kappa shape index (κ1) is 18.0. The summed E-state index contributed by atoms with van der Waals surface area (Å²) in [6.45, 7) is 0. The molecule has 1 aromatic carbocycles. The third kappa shape index (κ3) is 4.44. The second-order valence-corrected chi connectivity index (χ2v) is 6.14. The Kier molecular flexibility index (Phi) is 5.01. The first-order chi connectivity index (χ1) is 12.3. The molecule has 0 saturated heterocycles. The lowest BCUT2D eigenvalue weighted by Crippen LogP contribution is -2.26. The Balaban J connectivity index is 1.55. The van der Waals surface area contributed by atoms with Gasteiger partial charge in [-0.3, -0.25) is 0 Å². The summed E-state index contributed by atoms with van der Waals surface area (Å²) >= 11 is 0. The van der Waals surface area contributed by atoms with E-state index >= 15 is 0 Å². The summed E-state index contributed by atoms with van der Waals surface area (Å²) in [5, 5.41) is 21.8. The van der Waals surface area contributed by atoms with Crippen molar-refractivity contribution in [3.63, 3.8) is 0 Å². The Morgan fingerprint density at radius 3 is 2.38 bits per heavy atom. The Morgan fingerprint density at radius 2 is 1.81 bits per heavy atom. The number of nitrogens with zero attached hydrogens (tertiary/aromatic N) is 2. The molecule has 10 heteroatoms. The first-order valence-electron chi connectivity index (χ1n) is 8.08. The van der Waals surface area contributed by atoms with Crippen LogP contribution >= 0.6 is 0 Å². The van der Waals surface area contributed by atoms with Crippen LogP contribution in [0.25, 0.3) is 0 Å². The SMILES string of the molecule is O=C(O)c1n[nH]nc1NC1CCC(c2ccc(OC(F)(F)F)cc2)CC1. The highest BCUT2D eigenvalue weighted by Gasteiger charge is 2.31. The molecule has 1 heterocycles. The maximum Gasteiger partial charge on any atom is 0.573 e. The standard InChI is InChI=1S/C16H17F3N4O3/c17-16(18,19)26-12-7-3-10(4-8-12)9-1-5-11(6-2-9)20-14-13(15(24)25)21-23-22-14/h3-4,7-9,11H,1-2,5-6H2,(H,24,25)(H2,20,21,22,23). The summed E-state index contributed by atoms with van der Waals surface area (Å²) in [4.78, 5) is 11.0. The molecular weight excluding hydrogens is 353 g/mol. The van der Waals surface area contributed by atoms with E-state index < -0.39 is 12.3 Å². The van der Waals surface area contributed by atoms with Gasteiger partial charge in [-0.25, -0.2) is 4.79 Å². The number of aromatic amines is 1. The number of H-pyrrole nitrogens is 1. The fourth-order valence-electron chi connectivity index (χ4n) is 3.19. The van der Waals surface area contributed by atoms with Crippen molar-refractivity contribution in [3.05, 3.63) is 35.5 Å². The van der Waals surface area contributed by atoms with Crippen LogP contribution in [0.3, 0.4) is 0 Å². The fourth-order valence-corrected chi connectivity index (χ4v) is 3.19. The van der Waals surface area contributed by atoms with Gasteiger partial charge in [0.1, 0.15) is 5.75 Å². The molecule has 0 bridgehead atoms. The van der Waals surface area contributed by atoms with Gasteiger partial charge in [-0.2, -0.15) is 5.21 Å². The van der Waals surface area contributed by atoms with E-state index in [1.165, 1.54) is 12.1 Å². The van der Waals surface area contributed by atoms with Gasteiger partial charge in [-0.15, -0.1) is 23.4 Å². The molecule has 1 aromatic heterocycles. The average molecular weight is 370 g/mol. The molecule has 1 fully saturated rings. The van der Waals surface area contributed by atoms with Crippen LogP contribution in [0.5, 0.6) is 5.75 Å². The Bertz CT molecular complexity index is 753. The number of carboxylic acids is 1. The lowest BCUT2D eigenvalue weighted by atomic mass is 9.82. The van der Waals surface area contributed by atoms with Gasteiger partial charge in [-0.1, -0.05) is 12.1 Å². The number of rotatable bonds is 5. The number of hydrogen-bond donors (Lipinski definition) is 3. The number of benzene rings is 1. The molecule has 1 aliphatic rings. The van der Waals surface area contributed by atoms with Crippen molar-refractivity contribution in [3.8, 4) is 5.75 Å². The molecule has 1 aliphatic carbocycles. The van der Waals surface area contributed by atoms with Crippen LogP contribution in [0.2, 0.25) is 0 Å². The van der Waals surface area contributed by atoms with Crippen molar-refractivity contribution in [1.29, 1.82) is 0 Å². The second-order valence-electron chi connectivity index (χ2n) is 6.14. The molecule has 0 amide bonds. The third-order valence-electron chi connectivity index (χ3n) is 4.40. The molecule has 2 aromatic rings. The molecule has 26 heavy (non-hydrogen) atoms. The zero-order chi connectivity index (χ0) is 18.7. The maximum atomic E-state index is 12.2.